The van der Waals surface area contributed by atoms with E-state index in [9.17, 15) is 19.5 Å². The van der Waals surface area contributed by atoms with Crippen molar-refractivity contribution in [2.24, 2.45) is 7.05 Å². The lowest BCUT2D eigenvalue weighted by molar-refractivity contribution is 0.432. The number of H-pyrrole nitrogens is 1. The molecule has 0 aliphatic carbocycles. The highest BCUT2D eigenvalue weighted by Gasteiger charge is 2.30. The average molecular weight is 486 g/mol. The summed E-state index contributed by atoms with van der Waals surface area (Å²) >= 11 is 0. The van der Waals surface area contributed by atoms with Crippen LogP contribution in [-0.2, 0) is 13.6 Å². The summed E-state index contributed by atoms with van der Waals surface area (Å²) in [6.45, 7) is 1.96. The fourth-order valence-corrected chi connectivity index (χ4v) is 6.29. The van der Waals surface area contributed by atoms with Gasteiger partial charge in [0.15, 0.2) is 0 Å². The number of pyridine rings is 2. The standard InChI is InChI=1S/C29H18N4O4/c1-3-33-28(36)20-16-12-8-4-6-10-14(12)30-24(16)22-19-18(20)21(29(33)37)17-13-9-5-7-11-15(13)31-25(17)23(19)27(35)32(2)26(22)34/h4-11,30,35H,3H2,1-2H3. The number of fused-ring (bicyclic) bond motifs is 10. The summed E-state index contributed by atoms with van der Waals surface area (Å²) in [6.07, 6.45) is 0. The van der Waals surface area contributed by atoms with Crippen molar-refractivity contribution in [3.05, 3.63) is 79.6 Å². The normalized spacial score (nSPS) is 12.6. The summed E-state index contributed by atoms with van der Waals surface area (Å²) in [4.78, 5) is 49.9. The zero-order valence-electron chi connectivity index (χ0n) is 19.8. The summed E-state index contributed by atoms with van der Waals surface area (Å²) < 4.78 is 2.45. The Bertz CT molecular complexity index is 2450. The molecule has 0 spiro atoms. The molecule has 37 heavy (non-hydrogen) atoms. The Morgan fingerprint density at radius 2 is 1.41 bits per heavy atom. The highest BCUT2D eigenvalue weighted by molar-refractivity contribution is 6.44. The number of aromatic hydroxyl groups is 1. The van der Waals surface area contributed by atoms with Gasteiger partial charge in [-0.25, -0.2) is 4.98 Å². The molecule has 0 unspecified atom stereocenters. The fraction of sp³-hybridized carbons (Fsp3) is 0.103. The van der Waals surface area contributed by atoms with Gasteiger partial charge < -0.3 is 10.1 Å². The van der Waals surface area contributed by atoms with Crippen LogP contribution in [0.4, 0.5) is 0 Å². The molecule has 0 atom stereocenters. The van der Waals surface area contributed by atoms with E-state index in [0.717, 1.165) is 16.3 Å². The van der Waals surface area contributed by atoms with Gasteiger partial charge in [-0.3, -0.25) is 23.5 Å². The molecular weight excluding hydrogens is 468 g/mol. The van der Waals surface area contributed by atoms with Gasteiger partial charge in [-0.15, -0.1) is 0 Å². The molecule has 0 radical (unpaired) electrons. The largest absolute Gasteiger partial charge is 0.494 e. The molecule has 8 nitrogen and oxygen atoms in total. The molecular formula is C29H18N4O4. The Balaban J connectivity index is 1.95. The highest BCUT2D eigenvalue weighted by Crippen LogP contribution is 2.47. The van der Waals surface area contributed by atoms with Gasteiger partial charge in [0.2, 0.25) is 5.88 Å². The third kappa shape index (κ3) is 2.12. The van der Waals surface area contributed by atoms with E-state index in [1.165, 1.54) is 16.2 Å². The molecule has 0 amide bonds. The lowest BCUT2D eigenvalue weighted by Crippen LogP contribution is -2.33. The Hall–Kier alpha value is -4.98. The van der Waals surface area contributed by atoms with E-state index < -0.39 is 16.7 Å². The van der Waals surface area contributed by atoms with E-state index in [-0.39, 0.29) is 12.4 Å². The summed E-state index contributed by atoms with van der Waals surface area (Å²) in [5, 5.41) is 16.2. The van der Waals surface area contributed by atoms with Crippen LogP contribution in [0.3, 0.4) is 0 Å². The van der Waals surface area contributed by atoms with Crippen LogP contribution in [0.25, 0.3) is 75.9 Å². The zero-order valence-corrected chi connectivity index (χ0v) is 19.8. The van der Waals surface area contributed by atoms with Crippen molar-refractivity contribution in [3.63, 3.8) is 0 Å². The summed E-state index contributed by atoms with van der Waals surface area (Å²) in [5.74, 6) is -0.254. The maximum atomic E-state index is 14.0. The fourth-order valence-electron chi connectivity index (χ4n) is 6.29. The molecule has 0 aliphatic heterocycles. The van der Waals surface area contributed by atoms with Gasteiger partial charge in [-0.2, -0.15) is 0 Å². The molecule has 178 valence electrons. The Labute approximate surface area is 206 Å². The minimum atomic E-state index is -0.425. The number of para-hydroxylation sites is 2. The molecule has 4 aromatic carbocycles. The number of hydrogen-bond donors (Lipinski definition) is 2. The number of benzene rings is 4. The van der Waals surface area contributed by atoms with Gasteiger partial charge in [0.25, 0.3) is 16.7 Å². The predicted octanol–water partition coefficient (Wildman–Crippen LogP) is 4.30. The van der Waals surface area contributed by atoms with Gasteiger partial charge in [0, 0.05) is 51.4 Å². The smallest absolute Gasteiger partial charge is 0.263 e. The van der Waals surface area contributed by atoms with Crippen molar-refractivity contribution in [1.82, 2.24) is 19.1 Å². The van der Waals surface area contributed by atoms with Gasteiger partial charge in [-0.1, -0.05) is 36.4 Å². The first-order valence-electron chi connectivity index (χ1n) is 12.1. The Morgan fingerprint density at radius 1 is 0.757 bits per heavy atom. The van der Waals surface area contributed by atoms with Gasteiger partial charge in [0.05, 0.1) is 38.1 Å². The van der Waals surface area contributed by atoms with Crippen LogP contribution in [0.15, 0.2) is 62.9 Å². The number of aromatic amines is 1. The molecule has 2 N–H and O–H groups in total. The van der Waals surface area contributed by atoms with Crippen molar-refractivity contribution in [2.75, 3.05) is 0 Å². The van der Waals surface area contributed by atoms with Crippen molar-refractivity contribution in [3.8, 4) is 5.88 Å². The van der Waals surface area contributed by atoms with E-state index in [4.69, 9.17) is 4.98 Å². The van der Waals surface area contributed by atoms with Gasteiger partial charge >= 0.3 is 0 Å². The SMILES string of the molecule is CCn1c(=O)c2c3c4ccccc4nc3c3c(O)n(C)c(=O)c4c5[nH]c6ccccc6c5c(c1=O)c2c34. The first-order valence-corrected chi connectivity index (χ1v) is 12.1. The lowest BCUT2D eigenvalue weighted by atomic mass is 9.90. The highest BCUT2D eigenvalue weighted by atomic mass is 16.3. The average Bonchev–Trinajstić information content (AvgIpc) is 3.47. The lowest BCUT2D eigenvalue weighted by Gasteiger charge is -2.17. The second-order valence-electron chi connectivity index (χ2n) is 9.57. The molecule has 0 fully saturated rings. The quantitative estimate of drug-likeness (QED) is 0.336. The molecule has 8 heteroatoms. The molecule has 0 saturated heterocycles. The van der Waals surface area contributed by atoms with Gasteiger partial charge in [-0.05, 0) is 19.1 Å². The first kappa shape index (κ1) is 20.2. The Kier molecular flexibility index (Phi) is 3.51. The van der Waals surface area contributed by atoms with Crippen LogP contribution >= 0.6 is 0 Å². The monoisotopic (exact) mass is 486 g/mol. The molecule has 8 rings (SSSR count). The summed E-state index contributed by atoms with van der Waals surface area (Å²) in [7, 11) is 1.51. The van der Waals surface area contributed by atoms with E-state index in [2.05, 4.69) is 4.98 Å². The third-order valence-electron chi connectivity index (χ3n) is 7.88. The number of hydrogen-bond acceptors (Lipinski definition) is 5. The van der Waals surface area contributed by atoms with Crippen molar-refractivity contribution in [1.29, 1.82) is 0 Å². The second kappa shape index (κ2) is 6.41. The molecule has 4 heterocycles. The number of rotatable bonds is 1. The summed E-state index contributed by atoms with van der Waals surface area (Å²) in [6, 6.07) is 15.0. The number of aromatic nitrogens is 4. The van der Waals surface area contributed by atoms with Crippen LogP contribution in [-0.4, -0.2) is 24.2 Å². The van der Waals surface area contributed by atoms with Crippen LogP contribution < -0.4 is 16.7 Å². The molecule has 0 saturated carbocycles. The zero-order chi connectivity index (χ0) is 25.3. The number of nitrogens with zero attached hydrogens (tertiary/aromatic N) is 3. The van der Waals surface area contributed by atoms with E-state index >= 15 is 0 Å². The maximum Gasteiger partial charge on any atom is 0.263 e. The third-order valence-corrected chi connectivity index (χ3v) is 7.88. The second-order valence-corrected chi connectivity index (χ2v) is 9.57. The van der Waals surface area contributed by atoms with E-state index in [0.29, 0.717) is 59.6 Å². The molecule has 0 aliphatic rings. The van der Waals surface area contributed by atoms with E-state index in [1.807, 2.05) is 48.5 Å². The predicted molar refractivity (Wildman–Crippen MR) is 147 cm³/mol. The molecule has 0 bridgehead atoms. The van der Waals surface area contributed by atoms with Crippen molar-refractivity contribution >= 4 is 75.9 Å². The number of nitrogens with one attached hydrogen (secondary N) is 1. The minimum absolute atomic E-state index is 0.193. The molecule has 8 aromatic rings. The van der Waals surface area contributed by atoms with E-state index in [1.54, 1.807) is 6.92 Å². The maximum absolute atomic E-state index is 14.0. The van der Waals surface area contributed by atoms with Crippen LogP contribution in [0.2, 0.25) is 0 Å². The Morgan fingerprint density at radius 3 is 2.16 bits per heavy atom. The van der Waals surface area contributed by atoms with Gasteiger partial charge in [0.1, 0.15) is 0 Å². The minimum Gasteiger partial charge on any atom is -0.494 e. The van der Waals surface area contributed by atoms with Crippen LogP contribution in [0.1, 0.15) is 6.92 Å². The van der Waals surface area contributed by atoms with Crippen molar-refractivity contribution in [2.45, 2.75) is 13.5 Å². The first-order chi connectivity index (χ1) is 17.9. The van der Waals surface area contributed by atoms with Crippen LogP contribution in [0.5, 0.6) is 5.88 Å². The van der Waals surface area contributed by atoms with Crippen LogP contribution in [0, 0.1) is 0 Å². The van der Waals surface area contributed by atoms with Crippen molar-refractivity contribution < 1.29 is 5.11 Å². The summed E-state index contributed by atoms with van der Waals surface area (Å²) in [5.41, 5.74) is 1.11. The topological polar surface area (TPSA) is 110 Å². The molecule has 4 aromatic heterocycles.